The average molecular weight is 197 g/mol. The fourth-order valence-corrected chi connectivity index (χ4v) is 1.07. The maximum absolute atomic E-state index is 11.0. The van der Waals surface area contributed by atoms with Crippen LogP contribution in [0, 0.1) is 0 Å². The van der Waals surface area contributed by atoms with E-state index < -0.39 is 0 Å². The Kier molecular flexibility index (Phi) is 4.54. The average Bonchev–Trinajstić information content (AvgIpc) is 2.65. The zero-order chi connectivity index (χ0) is 10.2. The van der Waals surface area contributed by atoms with Crippen molar-refractivity contribution in [2.24, 2.45) is 0 Å². The first-order chi connectivity index (χ1) is 6.83. The van der Waals surface area contributed by atoms with Crippen LogP contribution >= 0.6 is 0 Å². The van der Waals surface area contributed by atoms with Gasteiger partial charge < -0.3 is 15.2 Å². The number of hydrogen-bond acceptors (Lipinski definition) is 3. The van der Waals surface area contributed by atoms with Crippen LogP contribution < -0.4 is 10.6 Å². The summed E-state index contributed by atoms with van der Waals surface area (Å²) in [6.07, 6.45) is 5.06. The van der Waals surface area contributed by atoms with Crippen molar-refractivity contribution in [2.45, 2.75) is 19.8 Å². The molecule has 1 rings (SSSR count). The van der Waals surface area contributed by atoms with E-state index in [4.69, 9.17) is 0 Å². The van der Waals surface area contributed by atoms with Crippen LogP contribution in [0.5, 0.6) is 0 Å². The molecule has 0 saturated heterocycles. The molecule has 0 saturated carbocycles. The molecule has 0 spiro atoms. The zero-order valence-corrected chi connectivity index (χ0v) is 8.25. The number of aryl methyl sites for hydroxylation is 1. The van der Waals surface area contributed by atoms with Crippen LogP contribution in [0.1, 0.15) is 18.9 Å². The van der Waals surface area contributed by atoms with Crippen LogP contribution in [0.2, 0.25) is 0 Å². The Balaban J connectivity index is 2.02. The van der Waals surface area contributed by atoms with E-state index in [1.54, 1.807) is 12.5 Å². The van der Waals surface area contributed by atoms with Gasteiger partial charge in [-0.05, 0) is 19.8 Å². The fraction of sp³-hybridized carbons (Fsp3) is 0.556. The number of nitrogens with one attached hydrogen (secondary N) is 2. The van der Waals surface area contributed by atoms with Gasteiger partial charge in [0.05, 0.1) is 6.20 Å². The summed E-state index contributed by atoms with van der Waals surface area (Å²) in [5, 5.41) is 8.99. The summed E-state index contributed by atoms with van der Waals surface area (Å²) in [5.41, 5.74) is 1.06. The molecule has 14 heavy (non-hydrogen) atoms. The van der Waals surface area contributed by atoms with Gasteiger partial charge in [-0.25, -0.2) is 4.79 Å². The van der Waals surface area contributed by atoms with Gasteiger partial charge in [-0.1, -0.05) is 5.16 Å². The van der Waals surface area contributed by atoms with Gasteiger partial charge in [-0.2, -0.15) is 0 Å². The SMILES string of the molecule is CCNC(=O)NCCCc1cnoc1. The topological polar surface area (TPSA) is 67.2 Å². The summed E-state index contributed by atoms with van der Waals surface area (Å²) in [4.78, 5) is 11.0. The molecule has 1 aromatic heterocycles. The molecule has 0 fully saturated rings. The summed E-state index contributed by atoms with van der Waals surface area (Å²) in [5.74, 6) is 0. The molecule has 0 radical (unpaired) electrons. The van der Waals surface area contributed by atoms with Gasteiger partial charge in [0.2, 0.25) is 0 Å². The van der Waals surface area contributed by atoms with E-state index in [1.165, 1.54) is 0 Å². The van der Waals surface area contributed by atoms with Crippen molar-refractivity contribution >= 4 is 6.03 Å². The number of rotatable bonds is 5. The third-order valence-corrected chi connectivity index (χ3v) is 1.75. The van der Waals surface area contributed by atoms with Gasteiger partial charge in [-0.3, -0.25) is 0 Å². The van der Waals surface area contributed by atoms with Crippen molar-refractivity contribution in [3.8, 4) is 0 Å². The van der Waals surface area contributed by atoms with Crippen molar-refractivity contribution in [2.75, 3.05) is 13.1 Å². The molecule has 0 aliphatic heterocycles. The molecule has 0 bridgehead atoms. The minimum atomic E-state index is -0.113. The third kappa shape index (κ3) is 3.93. The fourth-order valence-electron chi connectivity index (χ4n) is 1.07. The minimum Gasteiger partial charge on any atom is -0.364 e. The molecule has 0 aliphatic rings. The number of carbonyl (C=O) groups excluding carboxylic acids is 1. The highest BCUT2D eigenvalue weighted by Gasteiger charge is 1.98. The second-order valence-electron chi connectivity index (χ2n) is 2.92. The van der Waals surface area contributed by atoms with Crippen LogP contribution in [0.15, 0.2) is 17.0 Å². The Bertz CT molecular complexity index is 259. The Hall–Kier alpha value is -1.52. The number of carbonyl (C=O) groups is 1. The first-order valence-corrected chi connectivity index (χ1v) is 4.73. The molecule has 5 heteroatoms. The van der Waals surface area contributed by atoms with Crippen molar-refractivity contribution < 1.29 is 9.32 Å². The molecule has 0 aliphatic carbocycles. The highest BCUT2D eigenvalue weighted by atomic mass is 16.5. The number of nitrogens with zero attached hydrogens (tertiary/aromatic N) is 1. The van der Waals surface area contributed by atoms with Gasteiger partial charge in [0.25, 0.3) is 0 Å². The Morgan fingerprint density at radius 3 is 3.07 bits per heavy atom. The van der Waals surface area contributed by atoms with Crippen LogP contribution in [0.25, 0.3) is 0 Å². The largest absolute Gasteiger partial charge is 0.364 e. The molecular weight excluding hydrogens is 182 g/mol. The second kappa shape index (κ2) is 6.01. The molecule has 78 valence electrons. The molecule has 1 heterocycles. The zero-order valence-electron chi connectivity index (χ0n) is 8.25. The number of urea groups is 1. The van der Waals surface area contributed by atoms with E-state index in [0.29, 0.717) is 13.1 Å². The lowest BCUT2D eigenvalue weighted by Gasteiger charge is -2.04. The molecule has 5 nitrogen and oxygen atoms in total. The van der Waals surface area contributed by atoms with Crippen molar-refractivity contribution in [3.05, 3.63) is 18.0 Å². The Morgan fingerprint density at radius 2 is 2.43 bits per heavy atom. The van der Waals surface area contributed by atoms with Crippen LogP contribution in [0.4, 0.5) is 4.79 Å². The maximum Gasteiger partial charge on any atom is 0.314 e. The normalized spacial score (nSPS) is 9.79. The summed E-state index contributed by atoms with van der Waals surface area (Å²) in [7, 11) is 0. The highest BCUT2D eigenvalue weighted by Crippen LogP contribution is 1.99. The predicted molar refractivity (Wildman–Crippen MR) is 51.9 cm³/mol. The van der Waals surface area contributed by atoms with Crippen molar-refractivity contribution in [1.82, 2.24) is 15.8 Å². The summed E-state index contributed by atoms with van der Waals surface area (Å²) in [6, 6.07) is -0.113. The van der Waals surface area contributed by atoms with Gasteiger partial charge in [0, 0.05) is 18.7 Å². The van der Waals surface area contributed by atoms with Crippen molar-refractivity contribution in [1.29, 1.82) is 0 Å². The summed E-state index contributed by atoms with van der Waals surface area (Å²) < 4.78 is 4.68. The Labute approximate surface area is 82.8 Å². The lowest BCUT2D eigenvalue weighted by molar-refractivity contribution is 0.241. The first kappa shape index (κ1) is 10.6. The maximum atomic E-state index is 11.0. The number of hydrogen-bond donors (Lipinski definition) is 2. The molecule has 0 aromatic carbocycles. The molecule has 0 unspecified atom stereocenters. The molecule has 2 amide bonds. The quantitative estimate of drug-likeness (QED) is 0.690. The molecule has 2 N–H and O–H groups in total. The molecule has 1 aromatic rings. The van der Waals surface area contributed by atoms with E-state index in [2.05, 4.69) is 20.3 Å². The lowest BCUT2D eigenvalue weighted by atomic mass is 10.2. The molecular formula is C9H15N3O2. The van der Waals surface area contributed by atoms with Crippen LogP contribution in [0.3, 0.4) is 0 Å². The minimum absolute atomic E-state index is 0.113. The standard InChI is InChI=1S/C9H15N3O2/c1-2-10-9(13)11-5-3-4-8-6-12-14-7-8/h6-7H,2-5H2,1H3,(H2,10,11,13). The highest BCUT2D eigenvalue weighted by molar-refractivity contribution is 5.73. The Morgan fingerprint density at radius 1 is 1.57 bits per heavy atom. The van der Waals surface area contributed by atoms with E-state index in [-0.39, 0.29) is 6.03 Å². The van der Waals surface area contributed by atoms with Gasteiger partial charge in [0.1, 0.15) is 6.26 Å². The number of aromatic nitrogens is 1. The van der Waals surface area contributed by atoms with Crippen LogP contribution in [-0.4, -0.2) is 24.3 Å². The van der Waals surface area contributed by atoms with Crippen LogP contribution in [-0.2, 0) is 6.42 Å². The molecule has 0 atom stereocenters. The third-order valence-electron chi connectivity index (χ3n) is 1.75. The summed E-state index contributed by atoms with van der Waals surface area (Å²) in [6.45, 7) is 3.20. The smallest absolute Gasteiger partial charge is 0.314 e. The lowest BCUT2D eigenvalue weighted by Crippen LogP contribution is -2.35. The summed E-state index contributed by atoms with van der Waals surface area (Å²) >= 11 is 0. The van der Waals surface area contributed by atoms with E-state index in [1.807, 2.05) is 6.92 Å². The monoisotopic (exact) mass is 197 g/mol. The second-order valence-corrected chi connectivity index (χ2v) is 2.92. The van der Waals surface area contributed by atoms with Gasteiger partial charge in [-0.15, -0.1) is 0 Å². The first-order valence-electron chi connectivity index (χ1n) is 4.73. The van der Waals surface area contributed by atoms with Gasteiger partial charge in [0.15, 0.2) is 0 Å². The van der Waals surface area contributed by atoms with Gasteiger partial charge >= 0.3 is 6.03 Å². The predicted octanol–water partition coefficient (Wildman–Crippen LogP) is 0.926. The van der Waals surface area contributed by atoms with E-state index in [0.717, 1.165) is 18.4 Å². The number of amides is 2. The van der Waals surface area contributed by atoms with E-state index >= 15 is 0 Å². The van der Waals surface area contributed by atoms with E-state index in [9.17, 15) is 4.79 Å². The van der Waals surface area contributed by atoms with Crippen molar-refractivity contribution in [3.63, 3.8) is 0 Å².